The van der Waals surface area contributed by atoms with Crippen molar-refractivity contribution < 1.29 is 9.84 Å². The zero-order valence-corrected chi connectivity index (χ0v) is 9.48. The summed E-state index contributed by atoms with van der Waals surface area (Å²) in [7, 11) is 0. The number of aliphatic hydroxyl groups is 1. The molecule has 4 nitrogen and oxygen atoms in total. The third-order valence-corrected chi connectivity index (χ3v) is 3.58. The van der Waals surface area contributed by atoms with Crippen molar-refractivity contribution in [2.75, 3.05) is 0 Å². The predicted octanol–water partition coefficient (Wildman–Crippen LogP) is 1.71. The number of rotatable bonds is 2. The van der Waals surface area contributed by atoms with Crippen molar-refractivity contribution in [3.8, 4) is 0 Å². The highest BCUT2D eigenvalue weighted by Crippen LogP contribution is 2.28. The summed E-state index contributed by atoms with van der Waals surface area (Å²) in [5.41, 5.74) is 2.94. The van der Waals surface area contributed by atoms with Crippen molar-refractivity contribution >= 4 is 11.3 Å². The Labute approximate surface area is 97.1 Å². The molecule has 0 aromatic carbocycles. The van der Waals surface area contributed by atoms with Gasteiger partial charge in [0.25, 0.3) is 0 Å². The van der Waals surface area contributed by atoms with Crippen molar-refractivity contribution in [1.29, 1.82) is 0 Å². The van der Waals surface area contributed by atoms with Crippen LogP contribution in [0.4, 0.5) is 0 Å². The van der Waals surface area contributed by atoms with Crippen LogP contribution in [-0.2, 0) is 24.5 Å². The van der Waals surface area contributed by atoms with Gasteiger partial charge in [0.2, 0.25) is 0 Å². The summed E-state index contributed by atoms with van der Waals surface area (Å²) in [6, 6.07) is 2.09. The molecule has 1 atom stereocenters. The lowest BCUT2D eigenvalue weighted by Crippen LogP contribution is -2.20. The average Bonchev–Trinajstić information content (AvgIpc) is 2.97. The monoisotopic (exact) mass is 236 g/mol. The zero-order chi connectivity index (χ0) is 11.0. The van der Waals surface area contributed by atoms with Gasteiger partial charge in [0.1, 0.15) is 6.10 Å². The fourth-order valence-corrected chi connectivity index (χ4v) is 2.68. The predicted molar refractivity (Wildman–Crippen MR) is 60.0 cm³/mol. The van der Waals surface area contributed by atoms with E-state index in [4.69, 9.17) is 9.84 Å². The average molecular weight is 236 g/mol. The lowest BCUT2D eigenvalue weighted by atomic mass is 10.1. The zero-order valence-electron chi connectivity index (χ0n) is 8.67. The van der Waals surface area contributed by atoms with Crippen LogP contribution in [0.15, 0.2) is 23.2 Å². The number of aliphatic hydroxyl groups excluding tert-OH is 1. The summed E-state index contributed by atoms with van der Waals surface area (Å²) < 4.78 is 7.85. The third-order valence-electron chi connectivity index (χ3n) is 2.88. The number of fused-ring (bicyclic) bond motifs is 1. The molecule has 1 N–H and O–H groups in total. The Bertz CT molecular complexity index is 478. The fourth-order valence-electron chi connectivity index (χ4n) is 1.98. The molecule has 1 aliphatic heterocycles. The molecule has 84 valence electrons. The first-order valence-electron chi connectivity index (χ1n) is 5.16. The minimum atomic E-state index is -0.0190. The van der Waals surface area contributed by atoms with Crippen molar-refractivity contribution in [2.45, 2.75) is 25.9 Å². The molecular weight excluding hydrogens is 224 g/mol. The molecule has 0 saturated carbocycles. The van der Waals surface area contributed by atoms with Crippen LogP contribution in [0.3, 0.4) is 0 Å². The van der Waals surface area contributed by atoms with E-state index in [1.54, 1.807) is 17.7 Å². The first-order valence-corrected chi connectivity index (χ1v) is 6.10. The number of hydrogen-bond acceptors (Lipinski definition) is 4. The topological polar surface area (TPSA) is 47.3 Å². The summed E-state index contributed by atoms with van der Waals surface area (Å²) >= 11 is 1.68. The highest BCUT2D eigenvalue weighted by Gasteiger charge is 2.23. The van der Waals surface area contributed by atoms with Crippen molar-refractivity contribution in [3.63, 3.8) is 0 Å². The van der Waals surface area contributed by atoms with E-state index < -0.39 is 0 Å². The molecule has 0 saturated heterocycles. The Morgan fingerprint density at radius 1 is 1.62 bits per heavy atom. The molecule has 1 aliphatic rings. The van der Waals surface area contributed by atoms with Gasteiger partial charge in [-0.15, -0.1) is 0 Å². The molecule has 5 heteroatoms. The molecule has 0 fully saturated rings. The van der Waals surface area contributed by atoms with E-state index >= 15 is 0 Å². The summed E-state index contributed by atoms with van der Waals surface area (Å²) in [4.78, 5) is 4.17. The van der Waals surface area contributed by atoms with Gasteiger partial charge in [0, 0.05) is 0 Å². The molecule has 0 aliphatic carbocycles. The fraction of sp³-hybridized carbons (Fsp3) is 0.364. The maximum Gasteiger partial charge on any atom is 0.102 e. The van der Waals surface area contributed by atoms with Gasteiger partial charge in [0.05, 0.1) is 37.5 Å². The first kappa shape index (κ1) is 10.0. The van der Waals surface area contributed by atoms with Gasteiger partial charge in [-0.25, -0.2) is 4.98 Å². The van der Waals surface area contributed by atoms with Gasteiger partial charge in [0.15, 0.2) is 0 Å². The number of thiophene rings is 1. The van der Waals surface area contributed by atoms with Gasteiger partial charge in [-0.3, -0.25) is 0 Å². The molecule has 16 heavy (non-hydrogen) atoms. The van der Waals surface area contributed by atoms with Gasteiger partial charge in [-0.1, -0.05) is 0 Å². The third kappa shape index (κ3) is 1.57. The molecule has 0 radical (unpaired) electrons. The SMILES string of the molecule is OCc1ncn2c1CO[C@H](c1ccsc1)C2. The van der Waals surface area contributed by atoms with E-state index in [1.807, 2.05) is 0 Å². The van der Waals surface area contributed by atoms with Gasteiger partial charge >= 0.3 is 0 Å². The van der Waals surface area contributed by atoms with Crippen LogP contribution in [0.2, 0.25) is 0 Å². The molecule has 0 amide bonds. The van der Waals surface area contributed by atoms with E-state index in [0.717, 1.165) is 17.9 Å². The van der Waals surface area contributed by atoms with Crippen molar-refractivity contribution in [3.05, 3.63) is 40.1 Å². The number of imidazole rings is 1. The summed E-state index contributed by atoms with van der Waals surface area (Å²) in [5, 5.41) is 13.3. The Morgan fingerprint density at radius 2 is 2.56 bits per heavy atom. The minimum absolute atomic E-state index is 0.0190. The molecule has 2 aromatic heterocycles. The lowest BCUT2D eigenvalue weighted by Gasteiger charge is -2.24. The van der Waals surface area contributed by atoms with Crippen LogP contribution in [0.1, 0.15) is 23.1 Å². The number of aromatic nitrogens is 2. The molecule has 0 unspecified atom stereocenters. The summed E-state index contributed by atoms with van der Waals surface area (Å²) in [6.45, 7) is 1.28. The van der Waals surface area contributed by atoms with Gasteiger partial charge in [-0.2, -0.15) is 11.3 Å². The van der Waals surface area contributed by atoms with Crippen LogP contribution in [0.5, 0.6) is 0 Å². The molecular formula is C11H12N2O2S. The highest BCUT2D eigenvalue weighted by molar-refractivity contribution is 7.07. The number of ether oxygens (including phenoxy) is 1. The number of nitrogens with zero attached hydrogens (tertiary/aromatic N) is 2. The summed E-state index contributed by atoms with van der Waals surface area (Å²) in [6.07, 6.45) is 1.89. The Hall–Kier alpha value is -1.17. The quantitative estimate of drug-likeness (QED) is 0.863. The Balaban J connectivity index is 1.87. The smallest absolute Gasteiger partial charge is 0.102 e. The first-order chi connectivity index (χ1) is 7.88. The molecule has 0 bridgehead atoms. The molecule has 2 aromatic rings. The second-order valence-corrected chi connectivity index (χ2v) is 4.58. The maximum absolute atomic E-state index is 9.10. The van der Waals surface area contributed by atoms with Crippen molar-refractivity contribution in [2.24, 2.45) is 0 Å². The normalized spacial score (nSPS) is 19.7. The summed E-state index contributed by atoms with van der Waals surface area (Å²) in [5.74, 6) is 0. The minimum Gasteiger partial charge on any atom is -0.390 e. The number of hydrogen-bond donors (Lipinski definition) is 1. The van der Waals surface area contributed by atoms with E-state index in [-0.39, 0.29) is 12.7 Å². The molecule has 3 rings (SSSR count). The van der Waals surface area contributed by atoms with Crippen LogP contribution in [0.25, 0.3) is 0 Å². The second kappa shape index (κ2) is 4.01. The largest absolute Gasteiger partial charge is 0.390 e. The molecule has 0 spiro atoms. The Morgan fingerprint density at radius 3 is 3.31 bits per heavy atom. The van der Waals surface area contributed by atoms with Crippen LogP contribution < -0.4 is 0 Å². The van der Waals surface area contributed by atoms with Gasteiger partial charge < -0.3 is 14.4 Å². The van der Waals surface area contributed by atoms with E-state index in [0.29, 0.717) is 6.61 Å². The maximum atomic E-state index is 9.10. The lowest BCUT2D eigenvalue weighted by molar-refractivity contribution is 0.00223. The van der Waals surface area contributed by atoms with Crippen molar-refractivity contribution in [1.82, 2.24) is 9.55 Å². The van der Waals surface area contributed by atoms with Crippen LogP contribution in [0, 0.1) is 0 Å². The second-order valence-electron chi connectivity index (χ2n) is 3.80. The highest BCUT2D eigenvalue weighted by atomic mass is 32.1. The van der Waals surface area contributed by atoms with E-state index in [9.17, 15) is 0 Å². The standard InChI is InChI=1S/C11H12N2O2S/c14-4-9-10-5-15-11(3-13(10)7-12-9)8-1-2-16-6-8/h1-2,6-7,11,14H,3-5H2/t11-/m0/s1. The van der Waals surface area contributed by atoms with Crippen LogP contribution in [-0.4, -0.2) is 14.7 Å². The van der Waals surface area contributed by atoms with E-state index in [1.165, 1.54) is 5.56 Å². The van der Waals surface area contributed by atoms with Gasteiger partial charge in [-0.05, 0) is 22.4 Å². The Kier molecular flexibility index (Phi) is 2.51. The molecule has 3 heterocycles. The van der Waals surface area contributed by atoms with Crippen LogP contribution >= 0.6 is 11.3 Å². The van der Waals surface area contributed by atoms with E-state index in [2.05, 4.69) is 26.4 Å².